The van der Waals surface area contributed by atoms with E-state index < -0.39 is 0 Å². The number of para-hydroxylation sites is 1. The third-order valence-corrected chi connectivity index (χ3v) is 3.35. The van der Waals surface area contributed by atoms with Gasteiger partial charge >= 0.3 is 0 Å². The molecule has 2 nitrogen and oxygen atoms in total. The van der Waals surface area contributed by atoms with Crippen LogP contribution in [0.15, 0.2) is 55.1 Å². The molecule has 0 atom stereocenters. The Bertz CT molecular complexity index is 628. The molecule has 0 saturated heterocycles. The number of carbonyl (C=O) groups excluding carboxylic acids is 1. The Morgan fingerprint density at radius 2 is 1.56 bits per heavy atom. The van der Waals surface area contributed by atoms with Crippen molar-refractivity contribution in [3.63, 3.8) is 0 Å². The van der Waals surface area contributed by atoms with E-state index in [4.69, 9.17) is 11.6 Å². The molecular formula is C15H10ClNO. The molecule has 0 aromatic heterocycles. The molecule has 2 aromatic carbocycles. The van der Waals surface area contributed by atoms with Gasteiger partial charge < -0.3 is 0 Å². The topological polar surface area (TPSA) is 20.3 Å². The zero-order valence-electron chi connectivity index (χ0n) is 9.56. The van der Waals surface area contributed by atoms with E-state index in [0.717, 1.165) is 5.56 Å². The number of carbonyl (C=O) groups is 1. The maximum Gasteiger partial charge on any atom is 0.263 e. The number of halogens is 1. The molecule has 0 bridgehead atoms. The molecule has 3 heteroatoms. The first kappa shape index (κ1) is 11.1. The molecule has 1 heterocycles. The van der Waals surface area contributed by atoms with Gasteiger partial charge in [-0.1, -0.05) is 48.5 Å². The summed E-state index contributed by atoms with van der Waals surface area (Å²) >= 11 is 6.14. The van der Waals surface area contributed by atoms with Gasteiger partial charge in [0.2, 0.25) is 0 Å². The van der Waals surface area contributed by atoms with E-state index in [9.17, 15) is 4.79 Å². The summed E-state index contributed by atoms with van der Waals surface area (Å²) in [5, 5.41) is 0.541. The molecular weight excluding hydrogens is 246 g/mol. The zero-order valence-corrected chi connectivity index (χ0v) is 10.3. The Morgan fingerprint density at radius 1 is 0.944 bits per heavy atom. The summed E-state index contributed by atoms with van der Waals surface area (Å²) in [5.41, 5.74) is 2.87. The summed E-state index contributed by atoms with van der Waals surface area (Å²) in [6.45, 7) is 3.99. The third kappa shape index (κ3) is 1.46. The van der Waals surface area contributed by atoms with Crippen molar-refractivity contribution in [3.8, 4) is 0 Å². The highest BCUT2D eigenvalue weighted by atomic mass is 35.5. The second-order valence-electron chi connectivity index (χ2n) is 4.08. The molecule has 0 aliphatic carbocycles. The smallest absolute Gasteiger partial charge is 0.263 e. The van der Waals surface area contributed by atoms with Crippen LogP contribution < -0.4 is 4.90 Å². The van der Waals surface area contributed by atoms with Gasteiger partial charge in [-0.05, 0) is 18.2 Å². The summed E-state index contributed by atoms with van der Waals surface area (Å²) in [6.07, 6.45) is 0. The lowest BCUT2D eigenvalue weighted by atomic mass is 10.1. The summed E-state index contributed by atoms with van der Waals surface area (Å²) < 4.78 is 0. The number of hydrogen-bond acceptors (Lipinski definition) is 1. The maximum atomic E-state index is 12.4. The average molecular weight is 256 g/mol. The van der Waals surface area contributed by atoms with Gasteiger partial charge in [0.05, 0.1) is 16.4 Å². The van der Waals surface area contributed by atoms with Gasteiger partial charge in [0, 0.05) is 11.1 Å². The van der Waals surface area contributed by atoms with Crippen molar-refractivity contribution in [2.24, 2.45) is 0 Å². The summed E-state index contributed by atoms with van der Waals surface area (Å²) in [6, 6.07) is 14.7. The Hall–Kier alpha value is -2.06. The predicted molar refractivity (Wildman–Crippen MR) is 73.7 cm³/mol. The zero-order chi connectivity index (χ0) is 12.7. The van der Waals surface area contributed by atoms with Gasteiger partial charge in [0.1, 0.15) is 0 Å². The lowest BCUT2D eigenvalue weighted by molar-refractivity contribution is 0.101. The number of benzene rings is 2. The van der Waals surface area contributed by atoms with Crippen molar-refractivity contribution in [3.05, 3.63) is 71.3 Å². The molecule has 1 aliphatic rings. The van der Waals surface area contributed by atoms with Crippen LogP contribution in [0.5, 0.6) is 0 Å². The fourth-order valence-electron chi connectivity index (χ4n) is 2.17. The minimum absolute atomic E-state index is 0.0799. The normalized spacial score (nSPS) is 13.9. The van der Waals surface area contributed by atoms with Crippen LogP contribution in [0.3, 0.4) is 0 Å². The predicted octanol–water partition coefficient (Wildman–Crippen LogP) is 3.97. The second-order valence-corrected chi connectivity index (χ2v) is 4.49. The molecule has 1 amide bonds. The van der Waals surface area contributed by atoms with E-state index in [2.05, 4.69) is 6.58 Å². The largest absolute Gasteiger partial charge is 0.275 e. The highest BCUT2D eigenvalue weighted by molar-refractivity contribution is 6.35. The molecule has 0 N–H and O–H groups in total. The first-order valence-electron chi connectivity index (χ1n) is 5.57. The van der Waals surface area contributed by atoms with E-state index in [-0.39, 0.29) is 5.91 Å². The molecule has 0 saturated carbocycles. The number of anilines is 1. The minimum atomic E-state index is -0.0799. The minimum Gasteiger partial charge on any atom is -0.275 e. The molecule has 18 heavy (non-hydrogen) atoms. The van der Waals surface area contributed by atoms with E-state index in [1.807, 2.05) is 36.4 Å². The molecule has 0 spiro atoms. The van der Waals surface area contributed by atoms with Crippen molar-refractivity contribution in [1.29, 1.82) is 0 Å². The molecule has 0 fully saturated rings. The van der Waals surface area contributed by atoms with Crippen molar-refractivity contribution < 1.29 is 4.79 Å². The average Bonchev–Trinajstić information content (AvgIpc) is 2.64. The number of fused-ring (bicyclic) bond motifs is 1. The van der Waals surface area contributed by atoms with Crippen LogP contribution in [-0.2, 0) is 0 Å². The number of nitrogens with zero attached hydrogens (tertiary/aromatic N) is 1. The Kier molecular flexibility index (Phi) is 2.46. The van der Waals surface area contributed by atoms with Gasteiger partial charge in [-0.2, -0.15) is 0 Å². The first-order chi connectivity index (χ1) is 8.70. The van der Waals surface area contributed by atoms with Gasteiger partial charge in [-0.3, -0.25) is 9.69 Å². The van der Waals surface area contributed by atoms with Crippen LogP contribution in [0.25, 0.3) is 5.70 Å². The highest BCUT2D eigenvalue weighted by Crippen LogP contribution is 2.38. The van der Waals surface area contributed by atoms with Gasteiger partial charge in [0.25, 0.3) is 5.91 Å². The van der Waals surface area contributed by atoms with Crippen molar-refractivity contribution in [2.45, 2.75) is 0 Å². The van der Waals surface area contributed by atoms with Crippen LogP contribution in [0.1, 0.15) is 15.9 Å². The quantitative estimate of drug-likeness (QED) is 0.755. The molecule has 2 aromatic rings. The fraction of sp³-hybridized carbons (Fsp3) is 0. The Labute approximate surface area is 110 Å². The second kappa shape index (κ2) is 4.00. The Balaban J connectivity index is 2.16. The van der Waals surface area contributed by atoms with Crippen molar-refractivity contribution in [1.82, 2.24) is 0 Å². The van der Waals surface area contributed by atoms with E-state index in [1.165, 1.54) is 0 Å². The van der Waals surface area contributed by atoms with Crippen LogP contribution >= 0.6 is 11.6 Å². The van der Waals surface area contributed by atoms with Crippen LogP contribution in [-0.4, -0.2) is 5.91 Å². The summed E-state index contributed by atoms with van der Waals surface area (Å²) in [4.78, 5) is 13.9. The van der Waals surface area contributed by atoms with Crippen LogP contribution in [0.4, 0.5) is 5.69 Å². The monoisotopic (exact) mass is 255 g/mol. The molecule has 0 radical (unpaired) electrons. The first-order valence-corrected chi connectivity index (χ1v) is 5.95. The van der Waals surface area contributed by atoms with E-state index in [1.54, 1.807) is 17.0 Å². The van der Waals surface area contributed by atoms with Gasteiger partial charge in [-0.15, -0.1) is 0 Å². The van der Waals surface area contributed by atoms with Crippen molar-refractivity contribution in [2.75, 3.05) is 4.90 Å². The van der Waals surface area contributed by atoms with Crippen LogP contribution in [0.2, 0.25) is 5.02 Å². The number of hydrogen-bond donors (Lipinski definition) is 0. The van der Waals surface area contributed by atoms with Crippen LogP contribution in [0, 0.1) is 0 Å². The lowest BCUT2D eigenvalue weighted by Gasteiger charge is -2.18. The van der Waals surface area contributed by atoms with Gasteiger partial charge in [-0.25, -0.2) is 0 Å². The number of amides is 1. The van der Waals surface area contributed by atoms with Crippen molar-refractivity contribution >= 4 is 28.9 Å². The highest BCUT2D eigenvalue weighted by Gasteiger charge is 2.32. The number of rotatable bonds is 1. The van der Waals surface area contributed by atoms with Gasteiger partial charge in [0.15, 0.2) is 0 Å². The molecule has 0 unspecified atom stereocenters. The summed E-state index contributed by atoms with van der Waals surface area (Å²) in [5.74, 6) is -0.0799. The summed E-state index contributed by atoms with van der Waals surface area (Å²) in [7, 11) is 0. The Morgan fingerprint density at radius 3 is 2.22 bits per heavy atom. The van der Waals surface area contributed by atoms with E-state index >= 15 is 0 Å². The third-order valence-electron chi connectivity index (χ3n) is 3.03. The lowest BCUT2D eigenvalue weighted by Crippen LogP contribution is -2.22. The maximum absolute atomic E-state index is 12.4. The standard InChI is InChI=1S/C15H10ClNO/c1-10-11-6-2-3-7-12(11)15(18)17(10)14-9-5-4-8-13(14)16/h2-9H,1H2. The SMILES string of the molecule is C=C1c2ccccc2C(=O)N1c1ccccc1Cl. The molecule has 1 aliphatic heterocycles. The fourth-order valence-corrected chi connectivity index (χ4v) is 2.39. The molecule has 3 rings (SSSR count). The molecule has 88 valence electrons. The van der Waals surface area contributed by atoms with E-state index in [0.29, 0.717) is 22.0 Å².